The van der Waals surface area contributed by atoms with Crippen LogP contribution < -0.4 is 10.6 Å². The lowest BCUT2D eigenvalue weighted by atomic mass is 10.0. The molecule has 0 radical (unpaired) electrons. The Morgan fingerprint density at radius 3 is 2.44 bits per heavy atom. The molecule has 2 amide bonds. The molecule has 0 saturated heterocycles. The maximum Gasteiger partial charge on any atom is 0.252 e. The van der Waals surface area contributed by atoms with E-state index >= 15 is 0 Å². The minimum Gasteiger partial charge on any atom is -0.343 e. The third-order valence-electron chi connectivity index (χ3n) is 4.12. The lowest BCUT2D eigenvalue weighted by molar-refractivity contribution is -0.115. The fourth-order valence-electron chi connectivity index (χ4n) is 2.82. The number of hydrogen-bond acceptors (Lipinski definition) is 2. The van der Waals surface area contributed by atoms with E-state index in [1.165, 1.54) is 0 Å². The number of nitrogens with one attached hydrogen (secondary N) is 2. The number of fused-ring (bicyclic) bond motifs is 1. The van der Waals surface area contributed by atoms with Gasteiger partial charge >= 0.3 is 0 Å². The van der Waals surface area contributed by atoms with Crippen LogP contribution in [-0.2, 0) is 11.2 Å². The Morgan fingerprint density at radius 2 is 1.60 bits per heavy atom. The standard InChI is InChI=1S/C21H20N2O2/c1-2-15-8-4-6-13-19(15)23-20(24)14-22-21(25)18-12-7-10-16-9-3-5-11-17(16)18/h3-13H,2,14H2,1H3,(H,22,25)(H,23,24). The smallest absolute Gasteiger partial charge is 0.252 e. The molecule has 0 aliphatic rings. The first-order valence-corrected chi connectivity index (χ1v) is 8.32. The number of anilines is 1. The minimum atomic E-state index is -0.254. The van der Waals surface area contributed by atoms with Gasteiger partial charge in [0.15, 0.2) is 0 Å². The molecule has 4 heteroatoms. The summed E-state index contributed by atoms with van der Waals surface area (Å²) in [5, 5.41) is 7.42. The molecule has 0 bridgehead atoms. The molecule has 3 rings (SSSR count). The van der Waals surface area contributed by atoms with E-state index in [1.807, 2.05) is 67.6 Å². The minimum absolute atomic E-state index is 0.0693. The quantitative estimate of drug-likeness (QED) is 0.747. The SMILES string of the molecule is CCc1ccccc1NC(=O)CNC(=O)c1cccc2ccccc12. The van der Waals surface area contributed by atoms with E-state index < -0.39 is 0 Å². The Morgan fingerprint density at radius 1 is 0.880 bits per heavy atom. The van der Waals surface area contributed by atoms with Crippen LogP contribution in [0, 0.1) is 0 Å². The molecule has 126 valence electrons. The van der Waals surface area contributed by atoms with Crippen molar-refractivity contribution >= 4 is 28.3 Å². The number of benzene rings is 3. The second-order valence-corrected chi connectivity index (χ2v) is 5.77. The van der Waals surface area contributed by atoms with Gasteiger partial charge in [0.2, 0.25) is 5.91 Å². The number of aryl methyl sites for hydroxylation is 1. The monoisotopic (exact) mass is 332 g/mol. The van der Waals surface area contributed by atoms with Crippen molar-refractivity contribution in [1.82, 2.24) is 5.32 Å². The summed E-state index contributed by atoms with van der Waals surface area (Å²) in [6, 6.07) is 20.9. The number of hydrogen-bond donors (Lipinski definition) is 2. The topological polar surface area (TPSA) is 58.2 Å². The molecule has 0 fully saturated rings. The van der Waals surface area contributed by atoms with Gasteiger partial charge in [-0.1, -0.05) is 61.5 Å². The summed E-state index contributed by atoms with van der Waals surface area (Å²) in [5.41, 5.74) is 2.42. The molecule has 3 aromatic carbocycles. The zero-order valence-corrected chi connectivity index (χ0v) is 14.1. The van der Waals surface area contributed by atoms with Gasteiger partial charge in [-0.25, -0.2) is 0 Å². The molecule has 0 saturated carbocycles. The Labute approximate surface area is 146 Å². The summed E-state index contributed by atoms with van der Waals surface area (Å²) in [6.07, 6.45) is 0.832. The highest BCUT2D eigenvalue weighted by atomic mass is 16.2. The first kappa shape index (κ1) is 16.7. The van der Waals surface area contributed by atoms with Crippen LogP contribution in [0.3, 0.4) is 0 Å². The van der Waals surface area contributed by atoms with Gasteiger partial charge < -0.3 is 10.6 Å². The average Bonchev–Trinajstić information content (AvgIpc) is 2.66. The van der Waals surface area contributed by atoms with Crippen LogP contribution in [0.5, 0.6) is 0 Å². The fraction of sp³-hybridized carbons (Fsp3) is 0.143. The number of carbonyl (C=O) groups excluding carboxylic acids is 2. The van der Waals surface area contributed by atoms with Gasteiger partial charge in [0.1, 0.15) is 0 Å². The summed E-state index contributed by atoms with van der Waals surface area (Å²) in [5.74, 6) is -0.495. The number of para-hydroxylation sites is 1. The van der Waals surface area contributed by atoms with E-state index in [9.17, 15) is 9.59 Å². The number of amides is 2. The Hall–Kier alpha value is -3.14. The molecule has 25 heavy (non-hydrogen) atoms. The van der Waals surface area contributed by atoms with Crippen molar-refractivity contribution < 1.29 is 9.59 Å². The second kappa shape index (κ2) is 7.62. The molecule has 0 spiro atoms. The molecule has 0 unspecified atom stereocenters. The van der Waals surface area contributed by atoms with E-state index in [4.69, 9.17) is 0 Å². The van der Waals surface area contributed by atoms with Crippen molar-refractivity contribution in [3.05, 3.63) is 77.9 Å². The van der Waals surface area contributed by atoms with Gasteiger partial charge in [0, 0.05) is 11.3 Å². The van der Waals surface area contributed by atoms with Gasteiger partial charge in [0.05, 0.1) is 6.54 Å². The highest BCUT2D eigenvalue weighted by Crippen LogP contribution is 2.18. The van der Waals surface area contributed by atoms with Crippen molar-refractivity contribution in [3.8, 4) is 0 Å². The van der Waals surface area contributed by atoms with Crippen LogP contribution in [-0.4, -0.2) is 18.4 Å². The van der Waals surface area contributed by atoms with Crippen LogP contribution in [0.25, 0.3) is 10.8 Å². The summed E-state index contributed by atoms with van der Waals surface area (Å²) in [7, 11) is 0. The lowest BCUT2D eigenvalue weighted by Gasteiger charge is -2.11. The molecule has 0 aromatic heterocycles. The largest absolute Gasteiger partial charge is 0.343 e. The Balaban J connectivity index is 1.66. The highest BCUT2D eigenvalue weighted by molar-refractivity contribution is 6.08. The molecule has 3 aromatic rings. The molecule has 4 nitrogen and oxygen atoms in total. The molecular weight excluding hydrogens is 312 g/mol. The average molecular weight is 332 g/mol. The van der Waals surface area contributed by atoms with Gasteiger partial charge in [-0.2, -0.15) is 0 Å². The predicted octanol–water partition coefficient (Wildman–Crippen LogP) is 3.77. The zero-order chi connectivity index (χ0) is 17.6. The lowest BCUT2D eigenvalue weighted by Crippen LogP contribution is -2.33. The molecule has 0 atom stereocenters. The Kier molecular flexibility index (Phi) is 5.09. The first-order valence-electron chi connectivity index (χ1n) is 8.32. The van der Waals surface area contributed by atoms with Crippen LogP contribution in [0.2, 0.25) is 0 Å². The van der Waals surface area contributed by atoms with E-state index in [0.717, 1.165) is 28.4 Å². The zero-order valence-electron chi connectivity index (χ0n) is 14.1. The number of rotatable bonds is 5. The first-order chi connectivity index (χ1) is 12.2. The van der Waals surface area contributed by atoms with Crippen molar-refractivity contribution in [2.45, 2.75) is 13.3 Å². The van der Waals surface area contributed by atoms with Crippen LogP contribution in [0.4, 0.5) is 5.69 Å². The highest BCUT2D eigenvalue weighted by Gasteiger charge is 2.11. The van der Waals surface area contributed by atoms with Crippen molar-refractivity contribution in [3.63, 3.8) is 0 Å². The van der Waals surface area contributed by atoms with Crippen LogP contribution in [0.1, 0.15) is 22.8 Å². The van der Waals surface area contributed by atoms with Gasteiger partial charge in [-0.15, -0.1) is 0 Å². The van der Waals surface area contributed by atoms with Crippen LogP contribution in [0.15, 0.2) is 66.7 Å². The molecule has 0 heterocycles. The second-order valence-electron chi connectivity index (χ2n) is 5.77. The van der Waals surface area contributed by atoms with Gasteiger partial charge in [-0.05, 0) is 34.9 Å². The summed E-state index contributed by atoms with van der Waals surface area (Å²) in [4.78, 5) is 24.6. The van der Waals surface area contributed by atoms with Crippen LogP contribution >= 0.6 is 0 Å². The van der Waals surface area contributed by atoms with E-state index in [-0.39, 0.29) is 18.4 Å². The molecule has 0 aliphatic carbocycles. The molecule has 0 aliphatic heterocycles. The summed E-state index contributed by atoms with van der Waals surface area (Å²) < 4.78 is 0. The third kappa shape index (κ3) is 3.86. The van der Waals surface area contributed by atoms with Gasteiger partial charge in [0.25, 0.3) is 5.91 Å². The number of carbonyl (C=O) groups is 2. The van der Waals surface area contributed by atoms with Crippen molar-refractivity contribution in [2.75, 3.05) is 11.9 Å². The Bertz CT molecular complexity index is 913. The maximum absolute atomic E-state index is 12.4. The fourth-order valence-corrected chi connectivity index (χ4v) is 2.82. The normalized spacial score (nSPS) is 10.4. The summed E-state index contributed by atoms with van der Waals surface area (Å²) >= 11 is 0. The maximum atomic E-state index is 12.4. The summed E-state index contributed by atoms with van der Waals surface area (Å²) in [6.45, 7) is 1.97. The molecular formula is C21H20N2O2. The van der Waals surface area contributed by atoms with E-state index in [1.54, 1.807) is 6.07 Å². The molecule has 2 N–H and O–H groups in total. The predicted molar refractivity (Wildman–Crippen MR) is 101 cm³/mol. The van der Waals surface area contributed by atoms with E-state index in [0.29, 0.717) is 5.56 Å². The van der Waals surface area contributed by atoms with Gasteiger partial charge in [-0.3, -0.25) is 9.59 Å². The third-order valence-corrected chi connectivity index (χ3v) is 4.12. The van der Waals surface area contributed by atoms with Crippen molar-refractivity contribution in [1.29, 1.82) is 0 Å². The van der Waals surface area contributed by atoms with E-state index in [2.05, 4.69) is 10.6 Å². The van der Waals surface area contributed by atoms with Crippen molar-refractivity contribution in [2.24, 2.45) is 0 Å².